The average Bonchev–Trinajstić information content (AvgIpc) is 2.65. The fourth-order valence-corrected chi connectivity index (χ4v) is 2.47. The lowest BCUT2D eigenvalue weighted by atomic mass is 10.1. The minimum atomic E-state index is -2.90. The van der Waals surface area contributed by atoms with Crippen LogP contribution in [0.4, 0.5) is 8.78 Å². The minimum Gasteiger partial charge on any atom is -0.493 e. The van der Waals surface area contributed by atoms with E-state index in [1.54, 1.807) is 12.1 Å². The normalized spacial score (nSPS) is 10.5. The van der Waals surface area contributed by atoms with Crippen LogP contribution in [0.25, 0.3) is 0 Å². The van der Waals surface area contributed by atoms with Crippen LogP contribution < -0.4 is 25.3 Å². The second-order valence-electron chi connectivity index (χ2n) is 5.45. The summed E-state index contributed by atoms with van der Waals surface area (Å²) in [7, 11) is 1.35. The zero-order valence-electron chi connectivity index (χ0n) is 14.7. The summed E-state index contributed by atoms with van der Waals surface area (Å²) >= 11 is 6.10. The van der Waals surface area contributed by atoms with Crippen LogP contribution in [0, 0.1) is 0 Å². The first-order valence-corrected chi connectivity index (χ1v) is 8.28. The molecule has 0 heterocycles. The van der Waals surface area contributed by atoms with Crippen LogP contribution in [0.3, 0.4) is 0 Å². The second kappa shape index (κ2) is 9.75. The Hall–Kier alpha value is -3.07. The van der Waals surface area contributed by atoms with Crippen LogP contribution in [-0.2, 0) is 11.3 Å². The summed E-state index contributed by atoms with van der Waals surface area (Å²) in [5, 5.41) is 2.74. The number of hydrogen-bond donors (Lipinski definition) is 2. The molecule has 3 N–H and O–H groups in total. The number of amides is 2. The van der Waals surface area contributed by atoms with E-state index in [0.29, 0.717) is 5.56 Å². The zero-order valence-corrected chi connectivity index (χ0v) is 15.5. The molecule has 10 heteroatoms. The van der Waals surface area contributed by atoms with Crippen LogP contribution in [0.15, 0.2) is 36.4 Å². The average molecular weight is 415 g/mol. The van der Waals surface area contributed by atoms with E-state index in [1.165, 1.54) is 31.4 Å². The Morgan fingerprint density at radius 2 is 1.89 bits per heavy atom. The molecule has 2 aromatic rings. The largest absolute Gasteiger partial charge is 0.493 e. The monoisotopic (exact) mass is 414 g/mol. The number of primary amides is 1. The Bertz CT molecular complexity index is 847. The number of carbonyl (C=O) groups is 2. The van der Waals surface area contributed by atoms with Gasteiger partial charge in [0.05, 0.1) is 12.1 Å². The van der Waals surface area contributed by atoms with Gasteiger partial charge in [-0.25, -0.2) is 0 Å². The number of rotatable bonds is 9. The van der Waals surface area contributed by atoms with E-state index >= 15 is 0 Å². The number of benzene rings is 2. The van der Waals surface area contributed by atoms with Gasteiger partial charge in [-0.1, -0.05) is 23.7 Å². The smallest absolute Gasteiger partial charge is 0.387 e. The fourth-order valence-electron chi connectivity index (χ4n) is 2.21. The van der Waals surface area contributed by atoms with Gasteiger partial charge in [-0.05, 0) is 29.8 Å². The van der Waals surface area contributed by atoms with Gasteiger partial charge < -0.3 is 25.3 Å². The number of nitrogens with one attached hydrogen (secondary N) is 1. The van der Waals surface area contributed by atoms with Crippen molar-refractivity contribution < 1.29 is 32.6 Å². The molecule has 7 nitrogen and oxygen atoms in total. The van der Waals surface area contributed by atoms with Gasteiger partial charge in [0, 0.05) is 12.1 Å². The standard InChI is InChI=1S/C18H17ClF2N2O5/c1-26-14-7-11(6-13(19)16(14)27-9-15(22)24)17(25)23-8-10-2-4-12(5-3-10)28-18(20)21/h2-7,18H,8-9H2,1H3,(H2,22,24)(H,23,25). The van der Waals surface area contributed by atoms with Crippen LogP contribution in [-0.4, -0.2) is 32.1 Å². The summed E-state index contributed by atoms with van der Waals surface area (Å²) < 4.78 is 38.9. The predicted molar refractivity (Wildman–Crippen MR) is 96.9 cm³/mol. The lowest BCUT2D eigenvalue weighted by Gasteiger charge is -2.13. The number of hydrogen-bond acceptors (Lipinski definition) is 5. The van der Waals surface area contributed by atoms with E-state index < -0.39 is 25.0 Å². The second-order valence-corrected chi connectivity index (χ2v) is 5.86. The highest BCUT2D eigenvalue weighted by Crippen LogP contribution is 2.36. The molecule has 0 fully saturated rings. The van der Waals surface area contributed by atoms with Crippen LogP contribution >= 0.6 is 11.6 Å². The molecular formula is C18H17ClF2N2O5. The molecule has 0 aliphatic rings. The highest BCUT2D eigenvalue weighted by Gasteiger charge is 2.16. The molecule has 0 saturated heterocycles. The molecule has 0 bridgehead atoms. The van der Waals surface area contributed by atoms with Crippen molar-refractivity contribution in [1.29, 1.82) is 0 Å². The highest BCUT2D eigenvalue weighted by molar-refractivity contribution is 6.32. The van der Waals surface area contributed by atoms with Gasteiger partial charge in [0.1, 0.15) is 5.75 Å². The molecule has 2 aromatic carbocycles. The SMILES string of the molecule is COc1cc(C(=O)NCc2ccc(OC(F)F)cc2)cc(Cl)c1OCC(N)=O. The number of carbonyl (C=O) groups excluding carboxylic acids is 2. The number of nitrogens with two attached hydrogens (primary N) is 1. The van der Waals surface area contributed by atoms with Gasteiger partial charge >= 0.3 is 6.61 Å². The lowest BCUT2D eigenvalue weighted by molar-refractivity contribution is -0.119. The maximum atomic E-state index is 12.4. The van der Waals surface area contributed by atoms with Crippen molar-refractivity contribution in [2.24, 2.45) is 5.73 Å². The minimum absolute atomic E-state index is 0.0214. The van der Waals surface area contributed by atoms with Crippen molar-refractivity contribution in [3.05, 3.63) is 52.5 Å². The van der Waals surface area contributed by atoms with E-state index in [1.807, 2.05) is 0 Å². The van der Waals surface area contributed by atoms with Crippen molar-refractivity contribution in [2.75, 3.05) is 13.7 Å². The molecule has 150 valence electrons. The molecule has 0 aromatic heterocycles. The summed E-state index contributed by atoms with van der Waals surface area (Å²) in [6.45, 7) is -3.15. The van der Waals surface area contributed by atoms with Crippen LogP contribution in [0.1, 0.15) is 15.9 Å². The summed E-state index contributed by atoms with van der Waals surface area (Å²) in [6.07, 6.45) is 0. The van der Waals surface area contributed by atoms with Gasteiger partial charge in [0.25, 0.3) is 11.8 Å². The molecule has 0 atom stereocenters. The van der Waals surface area contributed by atoms with Crippen molar-refractivity contribution in [3.8, 4) is 17.2 Å². The topological polar surface area (TPSA) is 99.9 Å². The quantitative estimate of drug-likeness (QED) is 0.657. The Balaban J connectivity index is 2.05. The van der Waals surface area contributed by atoms with E-state index in [0.717, 1.165) is 0 Å². The number of ether oxygens (including phenoxy) is 3. The first-order valence-electron chi connectivity index (χ1n) is 7.90. The summed E-state index contributed by atoms with van der Waals surface area (Å²) in [5.74, 6) is -0.867. The van der Waals surface area contributed by atoms with E-state index in [2.05, 4.69) is 10.1 Å². The Morgan fingerprint density at radius 1 is 1.21 bits per heavy atom. The third-order valence-electron chi connectivity index (χ3n) is 3.45. The van der Waals surface area contributed by atoms with Crippen molar-refractivity contribution in [1.82, 2.24) is 5.32 Å². The van der Waals surface area contributed by atoms with Gasteiger partial charge in [0.15, 0.2) is 18.1 Å². The first-order chi connectivity index (χ1) is 13.3. The third kappa shape index (κ3) is 5.98. The number of methoxy groups -OCH3 is 1. The third-order valence-corrected chi connectivity index (χ3v) is 3.73. The van der Waals surface area contributed by atoms with Crippen LogP contribution in [0.5, 0.6) is 17.2 Å². The predicted octanol–water partition coefficient (Wildman–Crippen LogP) is 2.74. The molecule has 0 unspecified atom stereocenters. The van der Waals surface area contributed by atoms with Gasteiger partial charge in [0.2, 0.25) is 0 Å². The molecule has 28 heavy (non-hydrogen) atoms. The number of alkyl halides is 2. The van der Waals surface area contributed by atoms with Crippen molar-refractivity contribution in [3.63, 3.8) is 0 Å². The Morgan fingerprint density at radius 3 is 2.46 bits per heavy atom. The molecule has 0 aliphatic carbocycles. The Kier molecular flexibility index (Phi) is 7.39. The first kappa shape index (κ1) is 21.2. The van der Waals surface area contributed by atoms with E-state index in [9.17, 15) is 18.4 Å². The fraction of sp³-hybridized carbons (Fsp3) is 0.222. The Labute approximate surface area is 164 Å². The van der Waals surface area contributed by atoms with Crippen molar-refractivity contribution in [2.45, 2.75) is 13.2 Å². The molecule has 0 saturated carbocycles. The van der Waals surface area contributed by atoms with Gasteiger partial charge in [-0.15, -0.1) is 0 Å². The zero-order chi connectivity index (χ0) is 20.7. The summed E-state index contributed by atoms with van der Waals surface area (Å²) in [6, 6.07) is 8.60. The molecule has 0 radical (unpaired) electrons. The molecule has 2 amide bonds. The summed E-state index contributed by atoms with van der Waals surface area (Å²) in [5.41, 5.74) is 5.91. The highest BCUT2D eigenvalue weighted by atomic mass is 35.5. The number of halogens is 3. The molecule has 2 rings (SSSR count). The van der Waals surface area contributed by atoms with E-state index in [-0.39, 0.29) is 34.4 Å². The summed E-state index contributed by atoms with van der Waals surface area (Å²) in [4.78, 5) is 23.2. The van der Waals surface area contributed by atoms with Crippen LogP contribution in [0.2, 0.25) is 5.02 Å². The molecule has 0 aliphatic heterocycles. The van der Waals surface area contributed by atoms with Crippen molar-refractivity contribution >= 4 is 23.4 Å². The van der Waals surface area contributed by atoms with E-state index in [4.69, 9.17) is 26.8 Å². The van der Waals surface area contributed by atoms with Gasteiger partial charge in [-0.3, -0.25) is 9.59 Å². The molecular weight excluding hydrogens is 398 g/mol. The molecule has 0 spiro atoms. The van der Waals surface area contributed by atoms with Gasteiger partial charge in [-0.2, -0.15) is 8.78 Å². The maximum Gasteiger partial charge on any atom is 0.387 e. The maximum absolute atomic E-state index is 12.4. The lowest BCUT2D eigenvalue weighted by Crippen LogP contribution is -2.23.